The summed E-state index contributed by atoms with van der Waals surface area (Å²) in [4.78, 5) is 0. The molecule has 0 bridgehead atoms. The Morgan fingerprint density at radius 1 is 1.50 bits per heavy atom. The van der Waals surface area contributed by atoms with Gasteiger partial charge in [0.2, 0.25) is 0 Å². The predicted octanol–water partition coefficient (Wildman–Crippen LogP) is 1.43. The van der Waals surface area contributed by atoms with Gasteiger partial charge in [-0.3, -0.25) is 4.68 Å². The molecule has 0 saturated heterocycles. The molecule has 0 aliphatic carbocycles. The summed E-state index contributed by atoms with van der Waals surface area (Å²) in [7, 11) is 1.74. The van der Waals surface area contributed by atoms with Crippen LogP contribution in [0.25, 0.3) is 0 Å². The van der Waals surface area contributed by atoms with Gasteiger partial charge in [0, 0.05) is 12.2 Å². The summed E-state index contributed by atoms with van der Waals surface area (Å²) in [6.07, 6.45) is -4.35. The van der Waals surface area contributed by atoms with Crippen LogP contribution >= 0.6 is 0 Å². The Bertz CT molecular complexity index is 303. The minimum Gasteiger partial charge on any atom is -0.318 e. The Balaban J connectivity index is 2.82. The van der Waals surface area contributed by atoms with Crippen molar-refractivity contribution < 1.29 is 13.2 Å². The summed E-state index contributed by atoms with van der Waals surface area (Å²) in [6, 6.07) is 1.05. The van der Waals surface area contributed by atoms with Crippen molar-refractivity contribution in [2.45, 2.75) is 19.6 Å². The van der Waals surface area contributed by atoms with E-state index in [1.165, 1.54) is 4.68 Å². The third-order valence-electron chi connectivity index (χ3n) is 1.85. The molecular weight excluding hydrogens is 195 g/mol. The number of rotatable bonds is 3. The summed E-state index contributed by atoms with van der Waals surface area (Å²) < 4.78 is 38.0. The lowest BCUT2D eigenvalue weighted by molar-refractivity contribution is -0.141. The van der Waals surface area contributed by atoms with Gasteiger partial charge in [-0.05, 0) is 20.0 Å². The van der Waals surface area contributed by atoms with Gasteiger partial charge in [0.15, 0.2) is 5.69 Å². The standard InChI is InChI=1S/C8H12F3N3/c1-6-5-7(8(9,10)11)13-14(6)4-3-12-2/h5,12H,3-4H2,1-2H3. The van der Waals surface area contributed by atoms with Crippen LogP contribution < -0.4 is 5.32 Å². The lowest BCUT2D eigenvalue weighted by atomic mass is 10.4. The Hall–Kier alpha value is -1.04. The fourth-order valence-electron chi connectivity index (χ4n) is 1.09. The van der Waals surface area contributed by atoms with Crippen LogP contribution in [-0.2, 0) is 12.7 Å². The number of alkyl halides is 3. The molecule has 0 atom stereocenters. The molecule has 0 aliphatic rings. The van der Waals surface area contributed by atoms with E-state index < -0.39 is 11.9 Å². The maximum atomic E-state index is 12.2. The minimum absolute atomic E-state index is 0.443. The second-order valence-corrected chi connectivity index (χ2v) is 3.00. The van der Waals surface area contributed by atoms with Crippen molar-refractivity contribution in [3.05, 3.63) is 17.5 Å². The smallest absolute Gasteiger partial charge is 0.318 e. The van der Waals surface area contributed by atoms with Gasteiger partial charge in [0.1, 0.15) is 0 Å². The molecule has 0 radical (unpaired) electrons. The molecule has 80 valence electrons. The van der Waals surface area contributed by atoms with Gasteiger partial charge in [-0.2, -0.15) is 18.3 Å². The number of halogens is 3. The SMILES string of the molecule is CNCCn1nc(C(F)(F)F)cc1C. The van der Waals surface area contributed by atoms with E-state index in [0.717, 1.165) is 6.07 Å². The molecule has 0 aromatic carbocycles. The predicted molar refractivity (Wildman–Crippen MR) is 45.9 cm³/mol. The van der Waals surface area contributed by atoms with E-state index in [1.807, 2.05) is 0 Å². The molecule has 0 amide bonds. The molecule has 0 fully saturated rings. The van der Waals surface area contributed by atoms with Gasteiger partial charge in [0.05, 0.1) is 6.54 Å². The summed E-state index contributed by atoms with van der Waals surface area (Å²) >= 11 is 0. The highest BCUT2D eigenvalue weighted by Crippen LogP contribution is 2.28. The molecule has 0 aliphatic heterocycles. The maximum Gasteiger partial charge on any atom is 0.435 e. The van der Waals surface area contributed by atoms with Crippen LogP contribution in [0.3, 0.4) is 0 Å². The Morgan fingerprint density at radius 2 is 2.14 bits per heavy atom. The topological polar surface area (TPSA) is 29.9 Å². The van der Waals surface area contributed by atoms with Crippen LogP contribution in [0.4, 0.5) is 13.2 Å². The number of nitrogens with one attached hydrogen (secondary N) is 1. The highest BCUT2D eigenvalue weighted by atomic mass is 19.4. The van der Waals surface area contributed by atoms with Crippen molar-refractivity contribution in [1.82, 2.24) is 15.1 Å². The molecule has 14 heavy (non-hydrogen) atoms. The summed E-state index contributed by atoms with van der Waals surface area (Å²) in [5.74, 6) is 0. The molecule has 6 heteroatoms. The van der Waals surface area contributed by atoms with Crippen molar-refractivity contribution in [1.29, 1.82) is 0 Å². The second-order valence-electron chi connectivity index (χ2n) is 3.00. The first-order chi connectivity index (χ1) is 6.45. The zero-order valence-corrected chi connectivity index (χ0v) is 8.02. The summed E-state index contributed by atoms with van der Waals surface area (Å²) in [6.45, 7) is 2.65. The fraction of sp³-hybridized carbons (Fsp3) is 0.625. The highest BCUT2D eigenvalue weighted by molar-refractivity contribution is 5.11. The molecule has 3 nitrogen and oxygen atoms in total. The fourth-order valence-corrected chi connectivity index (χ4v) is 1.09. The minimum atomic E-state index is -4.35. The number of aryl methyl sites for hydroxylation is 1. The number of likely N-dealkylation sites (N-methyl/N-ethyl adjacent to an activating group) is 1. The van der Waals surface area contributed by atoms with Gasteiger partial charge < -0.3 is 5.32 Å². The average Bonchev–Trinajstić information content (AvgIpc) is 2.43. The second kappa shape index (κ2) is 4.00. The molecule has 0 saturated carbocycles. The van der Waals surface area contributed by atoms with Crippen molar-refractivity contribution in [3.8, 4) is 0 Å². The molecule has 0 unspecified atom stereocenters. The monoisotopic (exact) mass is 207 g/mol. The van der Waals surface area contributed by atoms with Crippen molar-refractivity contribution >= 4 is 0 Å². The van der Waals surface area contributed by atoms with Crippen LogP contribution in [0.5, 0.6) is 0 Å². The van der Waals surface area contributed by atoms with Crippen LogP contribution in [-0.4, -0.2) is 23.4 Å². The third kappa shape index (κ3) is 2.47. The average molecular weight is 207 g/mol. The van der Waals surface area contributed by atoms with E-state index in [9.17, 15) is 13.2 Å². The number of aromatic nitrogens is 2. The number of hydrogen-bond acceptors (Lipinski definition) is 2. The van der Waals surface area contributed by atoms with E-state index in [4.69, 9.17) is 0 Å². The first kappa shape index (κ1) is 11.0. The molecule has 0 spiro atoms. The van der Waals surface area contributed by atoms with E-state index in [-0.39, 0.29) is 0 Å². The summed E-state index contributed by atoms with van der Waals surface area (Å²) in [5, 5.41) is 6.32. The lowest BCUT2D eigenvalue weighted by Gasteiger charge is -2.03. The first-order valence-corrected chi connectivity index (χ1v) is 4.21. The van der Waals surface area contributed by atoms with Crippen molar-refractivity contribution in [2.75, 3.05) is 13.6 Å². The van der Waals surface area contributed by atoms with Crippen LogP contribution in [0.2, 0.25) is 0 Å². The van der Waals surface area contributed by atoms with Gasteiger partial charge in [0.25, 0.3) is 0 Å². The maximum absolute atomic E-state index is 12.2. The van der Waals surface area contributed by atoms with Crippen LogP contribution in [0.1, 0.15) is 11.4 Å². The molecular formula is C8H12F3N3. The quantitative estimate of drug-likeness (QED) is 0.812. The van der Waals surface area contributed by atoms with Crippen LogP contribution in [0.15, 0.2) is 6.07 Å². The van der Waals surface area contributed by atoms with E-state index in [2.05, 4.69) is 10.4 Å². The third-order valence-corrected chi connectivity index (χ3v) is 1.85. The number of hydrogen-bond donors (Lipinski definition) is 1. The van der Waals surface area contributed by atoms with Gasteiger partial charge in [-0.15, -0.1) is 0 Å². The Kier molecular flexibility index (Phi) is 3.15. The Labute approximate surface area is 79.9 Å². The van der Waals surface area contributed by atoms with Crippen LogP contribution in [0, 0.1) is 6.92 Å². The Morgan fingerprint density at radius 3 is 2.57 bits per heavy atom. The zero-order valence-electron chi connectivity index (χ0n) is 8.02. The van der Waals surface area contributed by atoms with Gasteiger partial charge in [-0.25, -0.2) is 0 Å². The zero-order chi connectivity index (χ0) is 10.8. The summed E-state index contributed by atoms with van der Waals surface area (Å²) in [5.41, 5.74) is -0.307. The molecule has 1 aromatic rings. The highest BCUT2D eigenvalue weighted by Gasteiger charge is 2.34. The molecule has 1 N–H and O–H groups in total. The normalized spacial score (nSPS) is 12.1. The van der Waals surface area contributed by atoms with Gasteiger partial charge >= 0.3 is 6.18 Å². The number of nitrogens with zero attached hydrogens (tertiary/aromatic N) is 2. The van der Waals surface area contributed by atoms with Crippen molar-refractivity contribution in [2.24, 2.45) is 0 Å². The van der Waals surface area contributed by atoms with E-state index >= 15 is 0 Å². The van der Waals surface area contributed by atoms with Gasteiger partial charge in [-0.1, -0.05) is 0 Å². The molecule has 1 heterocycles. The van der Waals surface area contributed by atoms with E-state index in [1.54, 1.807) is 14.0 Å². The van der Waals surface area contributed by atoms with Crippen molar-refractivity contribution in [3.63, 3.8) is 0 Å². The van der Waals surface area contributed by atoms with E-state index in [0.29, 0.717) is 18.8 Å². The lowest BCUT2D eigenvalue weighted by Crippen LogP contribution is -2.17. The molecule has 1 rings (SSSR count). The largest absolute Gasteiger partial charge is 0.435 e. The molecule has 1 aromatic heterocycles. The first-order valence-electron chi connectivity index (χ1n) is 4.21.